The second kappa shape index (κ2) is 10.2. The number of hydrogen-bond acceptors (Lipinski definition) is 11. The molecule has 0 radical (unpaired) electrons. The maximum Gasteiger partial charge on any atom is 0.227 e. The van der Waals surface area contributed by atoms with Gasteiger partial charge >= 0.3 is 0 Å². The molecule has 2 aromatic rings. The number of nitrogens with zero attached hydrogens (tertiary/aromatic N) is 4. The summed E-state index contributed by atoms with van der Waals surface area (Å²) >= 11 is 0. The highest BCUT2D eigenvalue weighted by molar-refractivity contribution is 5.83. The number of phenolic OH excluding ortho intramolecular Hbond substituents is 2. The summed E-state index contributed by atoms with van der Waals surface area (Å²) in [6.45, 7) is 8.61. The average molecular weight is 487 g/mol. The first kappa shape index (κ1) is 24.9. The summed E-state index contributed by atoms with van der Waals surface area (Å²) in [4.78, 5) is 9.72. The molecule has 1 fully saturated rings. The Morgan fingerprint density at radius 3 is 2.46 bits per heavy atom. The Balaban J connectivity index is 1.70. The number of anilines is 4. The number of ether oxygens (including phenoxy) is 1. The number of aromatic nitrogens is 2. The summed E-state index contributed by atoms with van der Waals surface area (Å²) in [6.07, 6.45) is 4.23. The minimum Gasteiger partial charge on any atom is -0.504 e. The Kier molecular flexibility index (Phi) is 7.27. The zero-order valence-electron chi connectivity index (χ0n) is 21.2. The van der Waals surface area contributed by atoms with Gasteiger partial charge in [-0.3, -0.25) is 10.0 Å². The number of aromatic hydroxyl groups is 2. The molecule has 2 heterocycles. The van der Waals surface area contributed by atoms with E-state index in [1.54, 1.807) is 12.1 Å². The second-order valence-electron chi connectivity index (χ2n) is 9.77. The standard InChI is InChI=1S/C24H38N8O3/c1-13(2)31-19-22(26-12-15-10-11-18(35-5)21(34)20(15)33)28-24(27-17-9-7-6-8-16(17)25)29-23(19)32(30-31)14(3)4/h10-11,13-14,16-17,30,33-34H,6-9,12,25H2,1-5H3,(H2,26,27,28,29). The maximum atomic E-state index is 10.5. The van der Waals surface area contributed by atoms with Crippen LogP contribution in [-0.2, 0) is 6.54 Å². The van der Waals surface area contributed by atoms with Crippen LogP contribution in [0.5, 0.6) is 17.2 Å². The van der Waals surface area contributed by atoms with Crippen molar-refractivity contribution in [1.29, 1.82) is 0 Å². The fourth-order valence-corrected chi connectivity index (χ4v) is 4.56. The minimum atomic E-state index is -0.287. The highest BCUT2D eigenvalue weighted by Gasteiger charge is 2.35. The number of hydrazine groups is 2. The van der Waals surface area contributed by atoms with E-state index < -0.39 is 0 Å². The second-order valence-corrected chi connectivity index (χ2v) is 9.77. The van der Waals surface area contributed by atoms with E-state index in [9.17, 15) is 10.2 Å². The van der Waals surface area contributed by atoms with Gasteiger partial charge in [0.05, 0.1) is 7.11 Å². The van der Waals surface area contributed by atoms with E-state index in [2.05, 4.69) is 43.9 Å². The lowest BCUT2D eigenvalue weighted by Gasteiger charge is -2.29. The molecule has 1 aliphatic carbocycles. The molecule has 4 rings (SSSR count). The SMILES string of the molecule is COc1ccc(CNc2nc(NC3CCCCC3N)nc3c2N(C(C)C)NN3C(C)C)c(O)c1O. The largest absolute Gasteiger partial charge is 0.504 e. The number of hydrogen-bond donors (Lipinski definition) is 6. The normalized spacial score (nSPS) is 19.9. The molecule has 35 heavy (non-hydrogen) atoms. The smallest absolute Gasteiger partial charge is 0.227 e. The first-order chi connectivity index (χ1) is 16.7. The van der Waals surface area contributed by atoms with Crippen LogP contribution < -0.4 is 36.7 Å². The van der Waals surface area contributed by atoms with Gasteiger partial charge in [0, 0.05) is 36.3 Å². The molecular weight excluding hydrogens is 448 g/mol. The van der Waals surface area contributed by atoms with Gasteiger partial charge in [-0.1, -0.05) is 12.8 Å². The van der Waals surface area contributed by atoms with E-state index in [1.807, 2.05) is 10.0 Å². The average Bonchev–Trinajstić information content (AvgIpc) is 3.22. The molecule has 7 N–H and O–H groups in total. The number of methoxy groups -OCH3 is 1. The van der Waals surface area contributed by atoms with E-state index in [0.717, 1.165) is 37.2 Å². The first-order valence-corrected chi connectivity index (χ1v) is 12.3. The van der Waals surface area contributed by atoms with Gasteiger partial charge in [0.1, 0.15) is 5.69 Å². The van der Waals surface area contributed by atoms with Crippen molar-refractivity contribution in [3.63, 3.8) is 0 Å². The Hall–Kier alpha value is -3.18. The molecule has 0 bridgehead atoms. The number of benzene rings is 1. The van der Waals surface area contributed by atoms with Crippen molar-refractivity contribution >= 4 is 23.3 Å². The topological polar surface area (TPSA) is 144 Å². The van der Waals surface area contributed by atoms with Crippen LogP contribution in [0, 0.1) is 0 Å². The molecule has 1 aromatic carbocycles. The predicted octanol–water partition coefficient (Wildman–Crippen LogP) is 3.05. The quantitative estimate of drug-likeness (QED) is 0.306. The molecule has 11 nitrogen and oxygen atoms in total. The fourth-order valence-electron chi connectivity index (χ4n) is 4.56. The van der Waals surface area contributed by atoms with Crippen molar-refractivity contribution < 1.29 is 14.9 Å². The third-order valence-corrected chi connectivity index (χ3v) is 6.58. The van der Waals surface area contributed by atoms with Gasteiger partial charge in [0.2, 0.25) is 11.7 Å². The van der Waals surface area contributed by atoms with E-state index in [1.165, 1.54) is 7.11 Å². The Morgan fingerprint density at radius 2 is 1.80 bits per heavy atom. The van der Waals surface area contributed by atoms with Crippen LogP contribution in [0.1, 0.15) is 58.9 Å². The molecule has 1 saturated carbocycles. The van der Waals surface area contributed by atoms with Gasteiger partial charge in [0.15, 0.2) is 23.1 Å². The molecule has 192 valence electrons. The molecule has 1 aromatic heterocycles. The van der Waals surface area contributed by atoms with E-state index >= 15 is 0 Å². The van der Waals surface area contributed by atoms with Crippen molar-refractivity contribution in [3.8, 4) is 17.2 Å². The van der Waals surface area contributed by atoms with Crippen LogP contribution in [0.25, 0.3) is 0 Å². The summed E-state index contributed by atoms with van der Waals surface area (Å²) in [5, 5.41) is 31.6. The number of rotatable bonds is 8. The lowest BCUT2D eigenvalue weighted by atomic mass is 9.91. The van der Waals surface area contributed by atoms with Crippen molar-refractivity contribution in [1.82, 2.24) is 15.5 Å². The Labute approximate surface area is 206 Å². The van der Waals surface area contributed by atoms with Gasteiger partial charge in [-0.15, -0.1) is 5.53 Å². The van der Waals surface area contributed by atoms with Gasteiger partial charge in [0.25, 0.3) is 0 Å². The summed E-state index contributed by atoms with van der Waals surface area (Å²) in [6, 6.07) is 3.78. The fraction of sp³-hybridized carbons (Fsp3) is 0.583. The van der Waals surface area contributed by atoms with Crippen molar-refractivity contribution in [2.45, 2.75) is 84.1 Å². The zero-order chi connectivity index (χ0) is 25.3. The highest BCUT2D eigenvalue weighted by atomic mass is 16.5. The lowest BCUT2D eigenvalue weighted by molar-refractivity contribution is 0.349. The van der Waals surface area contributed by atoms with Crippen molar-refractivity contribution in [2.24, 2.45) is 5.73 Å². The molecule has 0 amide bonds. The molecule has 0 spiro atoms. The monoisotopic (exact) mass is 486 g/mol. The Bertz CT molecular complexity index is 1050. The van der Waals surface area contributed by atoms with Crippen molar-refractivity contribution in [2.75, 3.05) is 27.8 Å². The zero-order valence-corrected chi connectivity index (χ0v) is 21.2. The third kappa shape index (κ3) is 4.96. The van der Waals surface area contributed by atoms with Crippen LogP contribution in [0.2, 0.25) is 0 Å². The number of nitrogens with two attached hydrogens (primary N) is 1. The Morgan fingerprint density at radius 1 is 1.09 bits per heavy atom. The number of phenols is 2. The molecule has 1 aliphatic heterocycles. The van der Waals surface area contributed by atoms with Crippen LogP contribution in [0.15, 0.2) is 12.1 Å². The third-order valence-electron chi connectivity index (χ3n) is 6.58. The van der Waals surface area contributed by atoms with E-state index in [4.69, 9.17) is 20.4 Å². The highest BCUT2D eigenvalue weighted by Crippen LogP contribution is 2.42. The summed E-state index contributed by atoms with van der Waals surface area (Å²) in [5.74, 6) is 1.59. The van der Waals surface area contributed by atoms with Gasteiger partial charge in [-0.25, -0.2) is 0 Å². The molecule has 2 atom stereocenters. The minimum absolute atomic E-state index is 0.0581. The molecule has 0 saturated heterocycles. The van der Waals surface area contributed by atoms with Crippen molar-refractivity contribution in [3.05, 3.63) is 17.7 Å². The van der Waals surface area contributed by atoms with Gasteiger partial charge in [-0.2, -0.15) is 9.97 Å². The van der Waals surface area contributed by atoms with Crippen LogP contribution in [-0.4, -0.2) is 51.5 Å². The summed E-state index contributed by atoms with van der Waals surface area (Å²) < 4.78 is 5.09. The molecule has 2 aliphatic rings. The van der Waals surface area contributed by atoms with Crippen LogP contribution in [0.4, 0.5) is 23.3 Å². The van der Waals surface area contributed by atoms with Gasteiger partial charge < -0.3 is 31.3 Å². The number of fused-ring (bicyclic) bond motifs is 1. The van der Waals surface area contributed by atoms with Gasteiger partial charge in [-0.05, 0) is 52.7 Å². The van der Waals surface area contributed by atoms with Crippen LogP contribution >= 0.6 is 0 Å². The first-order valence-electron chi connectivity index (χ1n) is 12.3. The van der Waals surface area contributed by atoms with E-state index in [0.29, 0.717) is 17.3 Å². The lowest BCUT2D eigenvalue weighted by Crippen LogP contribution is -2.50. The van der Waals surface area contributed by atoms with Crippen LogP contribution in [0.3, 0.4) is 0 Å². The van der Waals surface area contributed by atoms with E-state index in [-0.39, 0.29) is 48.0 Å². The maximum absolute atomic E-state index is 10.5. The predicted molar refractivity (Wildman–Crippen MR) is 138 cm³/mol. The molecular formula is C24H38N8O3. The number of nitrogens with one attached hydrogen (secondary N) is 3. The molecule has 2 unspecified atom stereocenters. The summed E-state index contributed by atoms with van der Waals surface area (Å²) in [7, 11) is 1.44. The molecule has 11 heteroatoms. The summed E-state index contributed by atoms with van der Waals surface area (Å²) in [5.41, 5.74) is 11.2.